The highest BCUT2D eigenvalue weighted by molar-refractivity contribution is 5.56. The van der Waals surface area contributed by atoms with Crippen LogP contribution in [0.15, 0.2) is 60.8 Å². The first kappa shape index (κ1) is 27.5. The van der Waals surface area contributed by atoms with Gasteiger partial charge >= 0.3 is 12.4 Å². The predicted molar refractivity (Wildman–Crippen MR) is 126 cm³/mol. The first-order chi connectivity index (χ1) is 17.1. The van der Waals surface area contributed by atoms with E-state index in [9.17, 15) is 26.3 Å². The number of halogens is 6. The zero-order valence-corrected chi connectivity index (χ0v) is 19.7. The predicted octanol–water partition coefficient (Wildman–Crippen LogP) is 9.18. The fourth-order valence-electron chi connectivity index (χ4n) is 3.77. The van der Waals surface area contributed by atoms with E-state index in [2.05, 4.69) is 9.97 Å². The number of alkyl halides is 6. The van der Waals surface area contributed by atoms with E-state index in [4.69, 9.17) is 4.74 Å². The Morgan fingerprint density at radius 1 is 0.722 bits per heavy atom. The van der Waals surface area contributed by atoms with Gasteiger partial charge in [-0.05, 0) is 49.1 Å². The molecule has 0 radical (unpaired) electrons. The van der Waals surface area contributed by atoms with E-state index >= 15 is 0 Å². The number of rotatable bonds is 12. The molecule has 3 rings (SSSR count). The molecule has 1 heterocycles. The third-order valence-electron chi connectivity index (χ3n) is 5.65. The van der Waals surface area contributed by atoms with Crippen molar-refractivity contribution in [1.29, 1.82) is 0 Å². The van der Waals surface area contributed by atoms with E-state index in [0.717, 1.165) is 56.2 Å². The van der Waals surface area contributed by atoms with Gasteiger partial charge in [0, 0.05) is 24.2 Å². The summed E-state index contributed by atoms with van der Waals surface area (Å²) in [4.78, 5) is 8.44. The summed E-state index contributed by atoms with van der Waals surface area (Å²) in [6.07, 6.45) is -1.26. The van der Waals surface area contributed by atoms with Crippen LogP contribution >= 0.6 is 0 Å². The van der Waals surface area contributed by atoms with Crippen LogP contribution in [0.25, 0.3) is 11.4 Å². The largest absolute Gasteiger partial charge is 0.439 e. The van der Waals surface area contributed by atoms with Gasteiger partial charge in [0.1, 0.15) is 5.75 Å². The average Bonchev–Trinajstić information content (AvgIpc) is 2.82. The Balaban J connectivity index is 1.45. The van der Waals surface area contributed by atoms with Crippen LogP contribution < -0.4 is 4.74 Å². The van der Waals surface area contributed by atoms with Gasteiger partial charge < -0.3 is 4.74 Å². The fraction of sp³-hybridized carbons (Fsp3) is 0.407. The van der Waals surface area contributed by atoms with Crippen molar-refractivity contribution in [3.05, 3.63) is 71.9 Å². The molecule has 0 aliphatic rings. The van der Waals surface area contributed by atoms with Crippen molar-refractivity contribution in [2.45, 2.75) is 70.1 Å². The molecule has 0 fully saturated rings. The summed E-state index contributed by atoms with van der Waals surface area (Å²) in [6.45, 7) is 0. The molecule has 0 saturated heterocycles. The molecule has 3 aromatic rings. The molecule has 0 unspecified atom stereocenters. The zero-order valence-electron chi connectivity index (χ0n) is 19.7. The molecule has 0 N–H and O–H groups in total. The number of hydrogen-bond acceptors (Lipinski definition) is 3. The smallest absolute Gasteiger partial charge is 0.416 e. The number of benzene rings is 2. The summed E-state index contributed by atoms with van der Waals surface area (Å²) in [6, 6.07) is 13.8. The van der Waals surface area contributed by atoms with Crippen LogP contribution in [0.3, 0.4) is 0 Å². The molecule has 2 aromatic carbocycles. The number of unbranched alkanes of at least 4 members (excludes halogenated alkanes) is 6. The monoisotopic (exact) mass is 510 g/mol. The first-order valence-electron chi connectivity index (χ1n) is 11.9. The summed E-state index contributed by atoms with van der Waals surface area (Å²) in [5.41, 5.74) is 0.800. The summed E-state index contributed by atoms with van der Waals surface area (Å²) < 4.78 is 80.6. The molecular formula is C27H28F6N2O. The number of nitrogens with zero attached hydrogens (tertiary/aromatic N) is 2. The third kappa shape index (κ3) is 9.51. The minimum absolute atomic E-state index is 0.203. The van der Waals surface area contributed by atoms with Gasteiger partial charge in [-0.3, -0.25) is 0 Å². The Morgan fingerprint density at radius 2 is 1.39 bits per heavy atom. The maximum absolute atomic E-state index is 12.8. The van der Waals surface area contributed by atoms with Crippen LogP contribution in [0.1, 0.15) is 62.5 Å². The molecule has 0 bridgehead atoms. The molecule has 0 aliphatic heterocycles. The van der Waals surface area contributed by atoms with Crippen LogP contribution in [-0.2, 0) is 12.6 Å². The number of ether oxygens (including phenoxy) is 1. The van der Waals surface area contributed by atoms with Crippen molar-refractivity contribution in [3.63, 3.8) is 0 Å². The second-order valence-electron chi connectivity index (χ2n) is 8.63. The summed E-state index contributed by atoms with van der Waals surface area (Å²) >= 11 is 0. The summed E-state index contributed by atoms with van der Waals surface area (Å²) in [5.74, 6) is 1.13. The van der Waals surface area contributed by atoms with E-state index in [1.807, 2.05) is 18.2 Å². The molecule has 0 atom stereocenters. The quantitative estimate of drug-likeness (QED) is 0.180. The van der Waals surface area contributed by atoms with Gasteiger partial charge in [-0.1, -0.05) is 56.4 Å². The highest BCUT2D eigenvalue weighted by Crippen LogP contribution is 2.31. The number of hydrogen-bond donors (Lipinski definition) is 0. The lowest BCUT2D eigenvalue weighted by atomic mass is 10.0. The van der Waals surface area contributed by atoms with Crippen molar-refractivity contribution in [3.8, 4) is 23.0 Å². The second-order valence-corrected chi connectivity index (χ2v) is 8.63. The normalized spacial score (nSPS) is 12.1. The van der Waals surface area contributed by atoms with Crippen molar-refractivity contribution < 1.29 is 31.1 Å². The summed E-state index contributed by atoms with van der Waals surface area (Å²) in [7, 11) is 0. The molecule has 36 heavy (non-hydrogen) atoms. The lowest BCUT2D eigenvalue weighted by Gasteiger charge is -2.09. The van der Waals surface area contributed by atoms with Crippen LogP contribution in [0.4, 0.5) is 26.3 Å². The molecule has 0 spiro atoms. The van der Waals surface area contributed by atoms with Crippen LogP contribution in [0, 0.1) is 0 Å². The second kappa shape index (κ2) is 12.7. The standard InChI is InChI=1S/C27H28F6N2O/c28-26(29,30)17-7-5-3-1-2-4-6-9-20-10-8-11-23(19-20)36-24-16-18-34-25(35-24)21-12-14-22(15-13-21)27(31,32)33/h8,10-16,18-19H,1-7,9,17H2. The fourth-order valence-corrected chi connectivity index (χ4v) is 3.77. The molecule has 1 aromatic heterocycles. The maximum atomic E-state index is 12.8. The molecule has 3 nitrogen and oxygen atoms in total. The molecule has 0 aliphatic carbocycles. The number of aromatic nitrogens is 2. The van der Waals surface area contributed by atoms with E-state index in [1.54, 1.807) is 12.1 Å². The van der Waals surface area contributed by atoms with E-state index in [1.165, 1.54) is 18.3 Å². The van der Waals surface area contributed by atoms with Gasteiger partial charge in [-0.25, -0.2) is 4.98 Å². The Morgan fingerprint density at radius 3 is 2.06 bits per heavy atom. The van der Waals surface area contributed by atoms with Gasteiger partial charge in [0.15, 0.2) is 5.82 Å². The zero-order chi connectivity index (χ0) is 26.0. The summed E-state index contributed by atoms with van der Waals surface area (Å²) in [5, 5.41) is 0. The Labute approximate surface area is 206 Å². The third-order valence-corrected chi connectivity index (χ3v) is 5.65. The highest BCUT2D eigenvalue weighted by atomic mass is 19.4. The van der Waals surface area contributed by atoms with E-state index in [0.29, 0.717) is 17.7 Å². The lowest BCUT2D eigenvalue weighted by Crippen LogP contribution is -2.06. The topological polar surface area (TPSA) is 35.0 Å². The molecule has 9 heteroatoms. The average molecular weight is 511 g/mol. The molecular weight excluding hydrogens is 482 g/mol. The van der Waals surface area contributed by atoms with Crippen molar-refractivity contribution >= 4 is 0 Å². The van der Waals surface area contributed by atoms with Crippen molar-refractivity contribution in [2.24, 2.45) is 0 Å². The van der Waals surface area contributed by atoms with Gasteiger partial charge in [0.25, 0.3) is 0 Å². The van der Waals surface area contributed by atoms with Crippen LogP contribution in [0.5, 0.6) is 11.6 Å². The van der Waals surface area contributed by atoms with Crippen LogP contribution in [0.2, 0.25) is 0 Å². The van der Waals surface area contributed by atoms with E-state index < -0.39 is 24.3 Å². The minimum Gasteiger partial charge on any atom is -0.439 e. The van der Waals surface area contributed by atoms with E-state index in [-0.39, 0.29) is 18.1 Å². The Hall–Kier alpha value is -3.10. The highest BCUT2D eigenvalue weighted by Gasteiger charge is 2.30. The maximum Gasteiger partial charge on any atom is 0.416 e. The Bertz CT molecular complexity index is 1080. The minimum atomic E-state index is -4.41. The molecule has 0 amide bonds. The SMILES string of the molecule is FC(F)(F)CCCCCCCCCc1cccc(Oc2ccnc(-c3ccc(C(F)(F)F)cc3)n2)c1. The number of aryl methyl sites for hydroxylation is 1. The van der Waals surface area contributed by atoms with Crippen molar-refractivity contribution in [2.75, 3.05) is 0 Å². The van der Waals surface area contributed by atoms with Crippen molar-refractivity contribution in [1.82, 2.24) is 9.97 Å². The first-order valence-corrected chi connectivity index (χ1v) is 11.9. The van der Waals surface area contributed by atoms with Gasteiger partial charge in [-0.2, -0.15) is 31.3 Å². The van der Waals surface area contributed by atoms with Gasteiger partial charge in [0.2, 0.25) is 5.88 Å². The molecule has 0 saturated carbocycles. The molecule has 194 valence electrons. The Kier molecular flexibility index (Phi) is 9.73. The van der Waals surface area contributed by atoms with Crippen LogP contribution in [-0.4, -0.2) is 16.1 Å². The lowest BCUT2D eigenvalue weighted by molar-refractivity contribution is -0.137. The van der Waals surface area contributed by atoms with Gasteiger partial charge in [0.05, 0.1) is 5.56 Å². The van der Waals surface area contributed by atoms with Gasteiger partial charge in [-0.15, -0.1) is 0 Å².